The Morgan fingerprint density at radius 1 is 0.946 bits per heavy atom. The number of rotatable bonds is 10. The van der Waals surface area contributed by atoms with Crippen molar-refractivity contribution in [2.75, 3.05) is 6.61 Å². The molecule has 4 aliphatic rings. The van der Waals surface area contributed by atoms with Crippen LogP contribution < -0.4 is 5.43 Å². The topological polar surface area (TPSA) is 193 Å². The predicted molar refractivity (Wildman–Crippen MR) is 199 cm³/mol. The SMILES string of the molecule is CC(=O)O[C@H]1C(=O)[C@@]2(C)[C@H]([C@H](OC(=O)c3ccccc3)[C@]3(O)C[C@H](OC(=O)[C@H](C)C(NN=O)c4ccccc4)C(C)=C1C3(C)C)[C@]1(OC(C)=O)CO[C@@H]1C[C@@H]2C. The molecule has 6 rings (SSSR count). The quantitative estimate of drug-likeness (QED) is 0.106. The number of benzene rings is 2. The highest BCUT2D eigenvalue weighted by atomic mass is 16.6. The molecule has 2 N–H and O–H groups in total. The third kappa shape index (κ3) is 6.40. The first kappa shape index (κ1) is 40.7. The number of ketones is 1. The van der Waals surface area contributed by atoms with Crippen LogP contribution in [-0.2, 0) is 42.9 Å². The molecule has 0 aromatic heterocycles. The van der Waals surface area contributed by atoms with E-state index in [9.17, 15) is 29.2 Å². The Balaban J connectivity index is 1.58. The molecule has 14 heteroatoms. The maximum atomic E-state index is 15.5. The molecule has 1 unspecified atom stereocenters. The highest BCUT2D eigenvalue weighted by molar-refractivity contribution is 5.95. The molecule has 2 aromatic carbocycles. The van der Waals surface area contributed by atoms with Gasteiger partial charge in [0.25, 0.3) is 0 Å². The minimum absolute atomic E-state index is 0.163. The highest BCUT2D eigenvalue weighted by Gasteiger charge is 2.77. The molecule has 0 spiro atoms. The van der Waals surface area contributed by atoms with Crippen molar-refractivity contribution in [3.63, 3.8) is 0 Å². The van der Waals surface area contributed by atoms with Gasteiger partial charge in [-0.15, -0.1) is 4.91 Å². The third-order valence-corrected chi connectivity index (χ3v) is 13.1. The van der Waals surface area contributed by atoms with Crippen LogP contribution in [0.2, 0.25) is 0 Å². The molecule has 0 radical (unpaired) electrons. The lowest BCUT2D eigenvalue weighted by molar-refractivity contribution is -0.340. The molecule has 2 saturated carbocycles. The van der Waals surface area contributed by atoms with Gasteiger partial charge in [0.1, 0.15) is 23.9 Å². The molecule has 0 amide bonds. The number of nitroso groups, excluding NO2 is 1. The molecule has 1 aliphatic heterocycles. The van der Waals surface area contributed by atoms with E-state index in [0.717, 1.165) is 0 Å². The van der Waals surface area contributed by atoms with Crippen molar-refractivity contribution in [3.05, 3.63) is 87.8 Å². The number of aliphatic hydroxyl groups is 1. The van der Waals surface area contributed by atoms with Crippen molar-refractivity contribution in [2.45, 2.75) is 110 Å². The molecular formula is C42H50N2O12. The summed E-state index contributed by atoms with van der Waals surface area (Å²) < 4.78 is 30.8. The second-order valence-electron chi connectivity index (χ2n) is 16.5. The maximum Gasteiger partial charge on any atom is 0.338 e. The number of carbonyl (C=O) groups is 5. The van der Waals surface area contributed by atoms with Gasteiger partial charge in [-0.2, -0.15) is 0 Å². The van der Waals surface area contributed by atoms with Gasteiger partial charge in [-0.3, -0.25) is 24.6 Å². The molecule has 56 heavy (non-hydrogen) atoms. The van der Waals surface area contributed by atoms with Crippen LogP contribution in [0.1, 0.15) is 90.2 Å². The van der Waals surface area contributed by atoms with Crippen molar-refractivity contribution >= 4 is 29.7 Å². The van der Waals surface area contributed by atoms with Gasteiger partial charge in [0.05, 0.1) is 35.3 Å². The zero-order valence-corrected chi connectivity index (χ0v) is 32.9. The number of fused-ring (bicyclic) bond motifs is 5. The summed E-state index contributed by atoms with van der Waals surface area (Å²) in [6.45, 7) is 12.3. The lowest BCUT2D eigenvalue weighted by Crippen LogP contribution is -2.80. The van der Waals surface area contributed by atoms with Crippen LogP contribution in [0.5, 0.6) is 0 Å². The monoisotopic (exact) mass is 774 g/mol. The molecule has 14 nitrogen and oxygen atoms in total. The van der Waals surface area contributed by atoms with Gasteiger partial charge in [-0.25, -0.2) is 4.79 Å². The Labute approximate surface area is 325 Å². The van der Waals surface area contributed by atoms with Crippen molar-refractivity contribution in [3.8, 4) is 0 Å². The summed E-state index contributed by atoms with van der Waals surface area (Å²) in [5, 5.41) is 16.5. The van der Waals surface area contributed by atoms with E-state index >= 15 is 4.79 Å². The van der Waals surface area contributed by atoms with Gasteiger partial charge in [-0.1, -0.05) is 76.2 Å². The molecule has 2 bridgehead atoms. The second kappa shape index (κ2) is 14.8. The van der Waals surface area contributed by atoms with Crippen LogP contribution in [0.25, 0.3) is 0 Å². The standard InChI is InChI=1S/C42H50N2O12/c1-22-19-30-41(21-52-30,56-26(5)46)34-36(55-38(49)28-17-13-10-14-18-28)42(50)20-29(54-37(48)24(3)32(43-44-51)27-15-11-9-12-16-27)23(2)31(39(42,6)7)33(53-25(4)45)35(47)40(22,34)8/h9-18,22,24,29-30,32-34,36,50H,19-21H2,1-8H3,(H,43,51)/t22-,24+,29-,30+,32?,33+,34-,36-,40+,41-,42+/m0/s1. The largest absolute Gasteiger partial charge is 0.457 e. The minimum Gasteiger partial charge on any atom is -0.457 e. The fourth-order valence-corrected chi connectivity index (χ4v) is 9.89. The van der Waals surface area contributed by atoms with E-state index in [1.165, 1.54) is 13.8 Å². The summed E-state index contributed by atoms with van der Waals surface area (Å²) in [7, 11) is 0. The first-order valence-electron chi connectivity index (χ1n) is 18.9. The van der Waals surface area contributed by atoms with Crippen molar-refractivity contribution in [1.82, 2.24) is 5.43 Å². The number of ether oxygens (including phenoxy) is 5. The average Bonchev–Trinajstić information content (AvgIpc) is 3.15. The van der Waals surface area contributed by atoms with Gasteiger partial charge in [-0.05, 0) is 55.0 Å². The van der Waals surface area contributed by atoms with E-state index in [2.05, 4.69) is 10.7 Å². The Kier molecular flexibility index (Phi) is 10.8. The number of Topliss-reactive ketones (excluding diaryl/α,β-unsaturated/α-hetero) is 1. The third-order valence-electron chi connectivity index (χ3n) is 13.1. The fraction of sp³-hybridized carbons (Fsp3) is 0.548. The summed E-state index contributed by atoms with van der Waals surface area (Å²) in [4.78, 5) is 81.2. The lowest BCUT2D eigenvalue weighted by atomic mass is 9.43. The maximum absolute atomic E-state index is 15.5. The summed E-state index contributed by atoms with van der Waals surface area (Å²) in [5.74, 6) is -6.36. The van der Waals surface area contributed by atoms with Gasteiger partial charge >= 0.3 is 23.9 Å². The summed E-state index contributed by atoms with van der Waals surface area (Å²) in [6, 6.07) is 16.0. The van der Waals surface area contributed by atoms with Crippen molar-refractivity contribution < 1.29 is 52.8 Å². The molecule has 1 heterocycles. The number of nitrogens with one attached hydrogen (secondary N) is 1. The van der Waals surface area contributed by atoms with Crippen LogP contribution >= 0.6 is 0 Å². The smallest absolute Gasteiger partial charge is 0.338 e. The number of esters is 4. The van der Waals surface area contributed by atoms with Crippen LogP contribution in [-0.4, -0.2) is 77.0 Å². The Hall–Kier alpha value is -4.95. The Morgan fingerprint density at radius 3 is 2.12 bits per heavy atom. The lowest BCUT2D eigenvalue weighted by Gasteiger charge is -2.68. The van der Waals surface area contributed by atoms with E-state index < -0.39 is 99.9 Å². The van der Waals surface area contributed by atoms with Crippen molar-refractivity contribution in [1.29, 1.82) is 0 Å². The molecular weight excluding hydrogens is 724 g/mol. The van der Waals surface area contributed by atoms with Gasteiger partial charge in [0, 0.05) is 31.1 Å². The zero-order valence-electron chi connectivity index (χ0n) is 32.9. The summed E-state index contributed by atoms with van der Waals surface area (Å²) >= 11 is 0. The molecule has 2 aromatic rings. The van der Waals surface area contributed by atoms with Crippen LogP contribution in [0.15, 0.2) is 77.1 Å². The molecule has 1 saturated heterocycles. The van der Waals surface area contributed by atoms with E-state index in [0.29, 0.717) is 11.1 Å². The van der Waals surface area contributed by atoms with Crippen molar-refractivity contribution in [2.24, 2.45) is 33.9 Å². The Morgan fingerprint density at radius 2 is 1.57 bits per heavy atom. The molecule has 3 fully saturated rings. The molecule has 300 valence electrons. The first-order valence-corrected chi connectivity index (χ1v) is 18.9. The highest BCUT2D eigenvalue weighted by Crippen LogP contribution is 2.65. The number of carbonyl (C=O) groups excluding carboxylic acids is 5. The normalized spacial score (nSPS) is 34.1. The minimum atomic E-state index is -2.18. The number of nitrogens with zero attached hydrogens (tertiary/aromatic N) is 1. The first-order chi connectivity index (χ1) is 26.3. The van der Waals surface area contributed by atoms with Crippen LogP contribution in [0, 0.1) is 33.5 Å². The summed E-state index contributed by atoms with van der Waals surface area (Å²) in [6.07, 6.45) is -5.25. The van der Waals surface area contributed by atoms with Crippen LogP contribution in [0.4, 0.5) is 0 Å². The molecule has 11 atom stereocenters. The van der Waals surface area contributed by atoms with E-state index in [4.69, 9.17) is 23.7 Å². The predicted octanol–water partition coefficient (Wildman–Crippen LogP) is 5.13. The van der Waals surface area contributed by atoms with E-state index in [1.807, 2.05) is 6.92 Å². The van der Waals surface area contributed by atoms with Gasteiger partial charge in [0.2, 0.25) is 0 Å². The summed E-state index contributed by atoms with van der Waals surface area (Å²) in [5.41, 5.74) is -3.06. The van der Waals surface area contributed by atoms with Gasteiger partial charge < -0.3 is 28.8 Å². The Bertz CT molecular complexity index is 1930. The fourth-order valence-electron chi connectivity index (χ4n) is 9.89. The number of hydrogen-bond acceptors (Lipinski definition) is 13. The second-order valence-corrected chi connectivity index (χ2v) is 16.5. The number of hydrogen-bond donors (Lipinski definition) is 2. The zero-order chi connectivity index (χ0) is 41.0. The van der Waals surface area contributed by atoms with Gasteiger partial charge in [0.15, 0.2) is 17.5 Å². The molecule has 3 aliphatic carbocycles. The van der Waals surface area contributed by atoms with E-state index in [-0.39, 0.29) is 30.6 Å². The average molecular weight is 775 g/mol. The van der Waals surface area contributed by atoms with Crippen LogP contribution in [0.3, 0.4) is 0 Å². The van der Waals surface area contributed by atoms with E-state index in [1.54, 1.807) is 95.3 Å².